The van der Waals surface area contributed by atoms with Crippen LogP contribution in [0.25, 0.3) is 21.3 Å². The normalized spacial score (nSPS) is 17.5. The number of aliphatic hydroxyl groups is 1. The number of piperazine rings is 1. The standard InChI is InChI=1S/C29H32N4O3S/c1-20-17-33(31-29(35)24-10-8-23(9-11-24)22-6-4-3-5-7-22)15-14-32(20)18-25(34)19-36-26-12-13-28-27(16-26)30-21(2)37-28/h3-13,16,20,25,34H,14-15,17-19H2,1-2H3,(H,31,35)/t20-,25+/m0/s1. The fraction of sp³-hybridized carbons (Fsp3) is 0.310. The molecule has 192 valence electrons. The summed E-state index contributed by atoms with van der Waals surface area (Å²) in [6, 6.07) is 23.8. The lowest BCUT2D eigenvalue weighted by Crippen LogP contribution is -2.58. The number of thiazole rings is 1. The van der Waals surface area contributed by atoms with E-state index >= 15 is 0 Å². The van der Waals surface area contributed by atoms with Crippen molar-refractivity contribution in [3.05, 3.63) is 83.4 Å². The topological polar surface area (TPSA) is 77.9 Å². The minimum atomic E-state index is -0.611. The van der Waals surface area contributed by atoms with E-state index in [1.54, 1.807) is 11.3 Å². The molecule has 1 aliphatic rings. The molecule has 1 amide bonds. The van der Waals surface area contributed by atoms with E-state index in [1.165, 1.54) is 0 Å². The molecule has 0 radical (unpaired) electrons. The summed E-state index contributed by atoms with van der Waals surface area (Å²) in [5.41, 5.74) is 6.81. The van der Waals surface area contributed by atoms with Crippen LogP contribution < -0.4 is 10.2 Å². The van der Waals surface area contributed by atoms with Gasteiger partial charge < -0.3 is 9.84 Å². The summed E-state index contributed by atoms with van der Waals surface area (Å²) < 4.78 is 6.97. The minimum Gasteiger partial charge on any atom is -0.491 e. The molecule has 2 N–H and O–H groups in total. The summed E-state index contributed by atoms with van der Waals surface area (Å²) in [5.74, 6) is 0.607. The maximum atomic E-state index is 12.8. The zero-order chi connectivity index (χ0) is 25.8. The smallest absolute Gasteiger partial charge is 0.265 e. The van der Waals surface area contributed by atoms with Crippen molar-refractivity contribution in [1.29, 1.82) is 0 Å². The maximum absolute atomic E-state index is 12.8. The SMILES string of the molecule is Cc1nc2cc(OC[C@H](O)CN3CCN(NC(=O)c4ccc(-c5ccccc5)cc4)C[C@@H]3C)ccc2s1. The Morgan fingerprint density at radius 3 is 2.62 bits per heavy atom. The van der Waals surface area contributed by atoms with Crippen molar-refractivity contribution in [2.45, 2.75) is 26.0 Å². The number of hydrogen-bond acceptors (Lipinski definition) is 7. The van der Waals surface area contributed by atoms with Crippen LogP contribution in [0, 0.1) is 6.92 Å². The molecule has 1 aliphatic heterocycles. The Labute approximate surface area is 221 Å². The van der Waals surface area contributed by atoms with E-state index in [1.807, 2.05) is 72.6 Å². The Balaban J connectivity index is 1.08. The van der Waals surface area contributed by atoms with Gasteiger partial charge in [0.05, 0.1) is 15.2 Å². The van der Waals surface area contributed by atoms with Crippen molar-refractivity contribution in [2.75, 3.05) is 32.8 Å². The van der Waals surface area contributed by atoms with Crippen LogP contribution in [0.4, 0.5) is 0 Å². The molecule has 37 heavy (non-hydrogen) atoms. The second-order valence-corrected chi connectivity index (χ2v) is 10.7. The molecule has 4 aromatic rings. The molecule has 0 saturated carbocycles. The molecule has 0 bridgehead atoms. The zero-order valence-electron chi connectivity index (χ0n) is 21.1. The summed E-state index contributed by atoms with van der Waals surface area (Å²) in [5, 5.41) is 13.6. The van der Waals surface area contributed by atoms with Gasteiger partial charge in [-0.2, -0.15) is 0 Å². The van der Waals surface area contributed by atoms with Crippen LogP contribution in [0.5, 0.6) is 5.75 Å². The van der Waals surface area contributed by atoms with Crippen molar-refractivity contribution in [2.24, 2.45) is 0 Å². The number of nitrogens with one attached hydrogen (secondary N) is 1. The van der Waals surface area contributed by atoms with E-state index in [0.717, 1.165) is 32.9 Å². The number of ether oxygens (including phenoxy) is 1. The third-order valence-electron chi connectivity index (χ3n) is 6.63. The summed E-state index contributed by atoms with van der Waals surface area (Å²) in [6.07, 6.45) is -0.611. The van der Waals surface area contributed by atoms with Gasteiger partial charge in [-0.25, -0.2) is 9.99 Å². The first-order chi connectivity index (χ1) is 17.9. The number of hydrazine groups is 1. The molecule has 0 unspecified atom stereocenters. The summed E-state index contributed by atoms with van der Waals surface area (Å²) in [6.45, 7) is 6.95. The van der Waals surface area contributed by atoms with Crippen LogP contribution in [-0.4, -0.2) is 70.8 Å². The number of aliphatic hydroxyl groups excluding tert-OH is 1. The number of carbonyl (C=O) groups is 1. The first kappa shape index (κ1) is 25.4. The molecule has 1 saturated heterocycles. The Kier molecular flexibility index (Phi) is 7.81. The predicted molar refractivity (Wildman–Crippen MR) is 148 cm³/mol. The number of carbonyl (C=O) groups excluding carboxylic acids is 1. The first-order valence-corrected chi connectivity index (χ1v) is 13.4. The van der Waals surface area contributed by atoms with E-state index in [0.29, 0.717) is 30.9 Å². The molecule has 0 spiro atoms. The van der Waals surface area contributed by atoms with Gasteiger partial charge in [0.1, 0.15) is 18.5 Å². The third kappa shape index (κ3) is 6.34. The number of aryl methyl sites for hydroxylation is 1. The fourth-order valence-electron chi connectivity index (χ4n) is 4.65. The van der Waals surface area contributed by atoms with Crippen LogP contribution in [0.1, 0.15) is 22.3 Å². The summed E-state index contributed by atoms with van der Waals surface area (Å²) in [4.78, 5) is 19.5. The van der Waals surface area contributed by atoms with Gasteiger partial charge in [0.25, 0.3) is 5.91 Å². The lowest BCUT2D eigenvalue weighted by molar-refractivity contribution is 0.00756. The number of β-amino-alcohol motifs (C(OH)–C–C–N with tert-alkyl or cyclic N) is 1. The highest BCUT2D eigenvalue weighted by Crippen LogP contribution is 2.25. The highest BCUT2D eigenvalue weighted by Gasteiger charge is 2.26. The van der Waals surface area contributed by atoms with E-state index < -0.39 is 6.10 Å². The van der Waals surface area contributed by atoms with Gasteiger partial charge in [0.2, 0.25) is 0 Å². The maximum Gasteiger partial charge on any atom is 0.265 e. The molecular formula is C29H32N4O3S. The van der Waals surface area contributed by atoms with Gasteiger partial charge in [-0.15, -0.1) is 11.3 Å². The molecule has 8 heteroatoms. The summed E-state index contributed by atoms with van der Waals surface area (Å²) >= 11 is 1.66. The Morgan fingerprint density at radius 1 is 1.11 bits per heavy atom. The first-order valence-electron chi connectivity index (χ1n) is 12.6. The quantitative estimate of drug-likeness (QED) is 0.362. The number of rotatable bonds is 8. The van der Waals surface area contributed by atoms with Gasteiger partial charge in [-0.1, -0.05) is 42.5 Å². The zero-order valence-corrected chi connectivity index (χ0v) is 21.9. The Hall–Kier alpha value is -3.30. The van der Waals surface area contributed by atoms with Gasteiger partial charge in [0, 0.05) is 43.9 Å². The van der Waals surface area contributed by atoms with Gasteiger partial charge in [-0.3, -0.25) is 15.1 Å². The molecule has 3 aromatic carbocycles. The average molecular weight is 517 g/mol. The highest BCUT2D eigenvalue weighted by molar-refractivity contribution is 7.18. The van der Waals surface area contributed by atoms with E-state index in [9.17, 15) is 9.90 Å². The molecular weight excluding hydrogens is 484 g/mol. The number of aromatic nitrogens is 1. The largest absolute Gasteiger partial charge is 0.491 e. The van der Waals surface area contributed by atoms with Crippen molar-refractivity contribution < 1.29 is 14.6 Å². The number of fused-ring (bicyclic) bond motifs is 1. The number of benzene rings is 3. The van der Waals surface area contributed by atoms with Crippen LogP contribution in [0.3, 0.4) is 0 Å². The van der Waals surface area contributed by atoms with Gasteiger partial charge in [-0.05, 0) is 49.2 Å². The van der Waals surface area contributed by atoms with E-state index in [-0.39, 0.29) is 18.6 Å². The summed E-state index contributed by atoms with van der Waals surface area (Å²) in [7, 11) is 0. The van der Waals surface area contributed by atoms with Crippen LogP contribution in [0.15, 0.2) is 72.8 Å². The van der Waals surface area contributed by atoms with Crippen LogP contribution >= 0.6 is 11.3 Å². The number of hydrogen-bond donors (Lipinski definition) is 2. The molecule has 7 nitrogen and oxygen atoms in total. The average Bonchev–Trinajstić information content (AvgIpc) is 3.29. The monoisotopic (exact) mass is 516 g/mol. The van der Waals surface area contributed by atoms with Crippen LogP contribution in [-0.2, 0) is 0 Å². The van der Waals surface area contributed by atoms with E-state index in [2.05, 4.69) is 34.4 Å². The molecule has 1 aromatic heterocycles. The predicted octanol–water partition coefficient (Wildman–Crippen LogP) is 4.36. The Bertz CT molecular complexity index is 1340. The fourth-order valence-corrected chi connectivity index (χ4v) is 5.46. The molecule has 5 rings (SSSR count). The van der Waals surface area contributed by atoms with Crippen molar-refractivity contribution in [3.63, 3.8) is 0 Å². The molecule has 1 fully saturated rings. The lowest BCUT2D eigenvalue weighted by atomic mass is 10.0. The van der Waals surface area contributed by atoms with Crippen LogP contribution in [0.2, 0.25) is 0 Å². The molecule has 2 heterocycles. The second kappa shape index (κ2) is 11.4. The highest BCUT2D eigenvalue weighted by atomic mass is 32.1. The number of nitrogens with zero attached hydrogens (tertiary/aromatic N) is 3. The van der Waals surface area contributed by atoms with Crippen molar-refractivity contribution in [1.82, 2.24) is 20.3 Å². The Morgan fingerprint density at radius 2 is 1.86 bits per heavy atom. The molecule has 0 aliphatic carbocycles. The second-order valence-electron chi connectivity index (χ2n) is 9.50. The van der Waals surface area contributed by atoms with Crippen molar-refractivity contribution >= 4 is 27.5 Å². The third-order valence-corrected chi connectivity index (χ3v) is 7.58. The van der Waals surface area contributed by atoms with E-state index in [4.69, 9.17) is 4.74 Å². The van der Waals surface area contributed by atoms with Gasteiger partial charge in [0.15, 0.2) is 0 Å². The number of amides is 1. The lowest BCUT2D eigenvalue weighted by Gasteiger charge is -2.40. The van der Waals surface area contributed by atoms with Gasteiger partial charge >= 0.3 is 0 Å². The van der Waals surface area contributed by atoms with Crippen molar-refractivity contribution in [3.8, 4) is 16.9 Å². The molecule has 2 atom stereocenters. The minimum absolute atomic E-state index is 0.110.